The van der Waals surface area contributed by atoms with Crippen molar-refractivity contribution in [1.29, 1.82) is 0 Å². The second kappa shape index (κ2) is 5.78. The predicted octanol–water partition coefficient (Wildman–Crippen LogP) is 1.79. The van der Waals surface area contributed by atoms with Crippen LogP contribution >= 0.6 is 0 Å². The van der Waals surface area contributed by atoms with Gasteiger partial charge >= 0.3 is 5.97 Å². The average molecular weight is 289 g/mol. The average Bonchev–Trinajstić information content (AvgIpc) is 3.01. The summed E-state index contributed by atoms with van der Waals surface area (Å²) in [6, 6.07) is 10.4. The highest BCUT2D eigenvalue weighted by Crippen LogP contribution is 2.43. The molecule has 2 aliphatic rings. The lowest BCUT2D eigenvalue weighted by Crippen LogP contribution is -2.43. The molecule has 0 amide bonds. The van der Waals surface area contributed by atoms with Gasteiger partial charge in [0.2, 0.25) is 0 Å². The van der Waals surface area contributed by atoms with E-state index in [0.29, 0.717) is 18.0 Å². The van der Waals surface area contributed by atoms with Crippen molar-refractivity contribution in [2.45, 2.75) is 43.9 Å². The maximum atomic E-state index is 12.4. The van der Waals surface area contributed by atoms with Crippen molar-refractivity contribution in [3.8, 4) is 0 Å². The van der Waals surface area contributed by atoms with Crippen LogP contribution in [0, 0.1) is 5.92 Å². The van der Waals surface area contributed by atoms with Crippen LogP contribution in [0.2, 0.25) is 0 Å². The number of aliphatic hydroxyl groups is 1. The Hall–Kier alpha value is -1.39. The SMILES string of the molecule is C[C@@H]1[C@H]2C[C@@H](C[C@H]2OC(=O)[C@@H](CO)c2ccccc2)N1C. The number of nitrogens with zero attached hydrogens (tertiary/aromatic N) is 1. The number of hydrogen-bond donors (Lipinski definition) is 1. The lowest BCUT2D eigenvalue weighted by molar-refractivity contribution is -0.156. The number of esters is 1. The summed E-state index contributed by atoms with van der Waals surface area (Å²) in [6.45, 7) is 1.99. The van der Waals surface area contributed by atoms with E-state index >= 15 is 0 Å². The molecule has 3 rings (SSSR count). The van der Waals surface area contributed by atoms with Gasteiger partial charge in [-0.15, -0.1) is 0 Å². The molecule has 1 aromatic rings. The lowest BCUT2D eigenvalue weighted by atomic mass is 9.96. The Bertz CT molecular complexity index is 502. The minimum atomic E-state index is -0.571. The third-order valence-electron chi connectivity index (χ3n) is 5.30. The van der Waals surface area contributed by atoms with E-state index < -0.39 is 5.92 Å². The molecule has 0 aromatic heterocycles. The Kier molecular flexibility index (Phi) is 4.00. The van der Waals surface area contributed by atoms with E-state index in [9.17, 15) is 9.90 Å². The summed E-state index contributed by atoms with van der Waals surface area (Å²) in [4.78, 5) is 14.8. The van der Waals surface area contributed by atoms with Crippen molar-refractivity contribution >= 4 is 5.97 Å². The maximum Gasteiger partial charge on any atom is 0.316 e. The number of likely N-dealkylation sites (tertiary alicyclic amines) is 1. The highest BCUT2D eigenvalue weighted by Gasteiger charge is 2.49. The van der Waals surface area contributed by atoms with Crippen molar-refractivity contribution in [2.75, 3.05) is 13.7 Å². The fourth-order valence-electron chi connectivity index (χ4n) is 3.85. The monoisotopic (exact) mass is 289 g/mol. The molecule has 114 valence electrons. The highest BCUT2D eigenvalue weighted by molar-refractivity contribution is 5.78. The molecule has 4 heteroatoms. The molecule has 4 nitrogen and oxygen atoms in total. The molecule has 0 spiro atoms. The number of hydrogen-bond acceptors (Lipinski definition) is 4. The number of benzene rings is 1. The number of rotatable bonds is 4. The summed E-state index contributed by atoms with van der Waals surface area (Å²) in [5.41, 5.74) is 0.818. The van der Waals surface area contributed by atoms with Crippen molar-refractivity contribution in [3.05, 3.63) is 35.9 Å². The summed E-state index contributed by atoms with van der Waals surface area (Å²) in [7, 11) is 2.15. The number of piperidine rings is 1. The van der Waals surface area contributed by atoms with Crippen LogP contribution in [0.3, 0.4) is 0 Å². The molecule has 0 radical (unpaired) electrons. The summed E-state index contributed by atoms with van der Waals surface area (Å²) < 4.78 is 5.75. The Labute approximate surface area is 125 Å². The van der Waals surface area contributed by atoms with Crippen molar-refractivity contribution in [3.63, 3.8) is 0 Å². The molecule has 5 atom stereocenters. The first-order valence-corrected chi connectivity index (χ1v) is 7.70. The van der Waals surface area contributed by atoms with Gasteiger partial charge in [0.25, 0.3) is 0 Å². The van der Waals surface area contributed by atoms with Gasteiger partial charge in [-0.1, -0.05) is 30.3 Å². The number of carbonyl (C=O) groups excluding carboxylic acids is 1. The van der Waals surface area contributed by atoms with Gasteiger partial charge < -0.3 is 14.7 Å². The number of fused-ring (bicyclic) bond motifs is 2. The normalized spacial score (nSPS) is 33.1. The minimum absolute atomic E-state index is 0.00598. The number of ether oxygens (including phenoxy) is 1. The van der Waals surface area contributed by atoms with Crippen LogP contribution in [0.15, 0.2) is 30.3 Å². The first-order chi connectivity index (χ1) is 10.1. The highest BCUT2D eigenvalue weighted by atomic mass is 16.5. The summed E-state index contributed by atoms with van der Waals surface area (Å²) >= 11 is 0. The smallest absolute Gasteiger partial charge is 0.316 e. The zero-order valence-electron chi connectivity index (χ0n) is 12.6. The molecule has 0 unspecified atom stereocenters. The fraction of sp³-hybridized carbons (Fsp3) is 0.588. The van der Waals surface area contributed by atoms with Crippen LogP contribution in [0.4, 0.5) is 0 Å². The van der Waals surface area contributed by atoms with Crippen molar-refractivity contribution in [1.82, 2.24) is 4.90 Å². The Balaban J connectivity index is 1.67. The van der Waals surface area contributed by atoms with Gasteiger partial charge in [0, 0.05) is 24.4 Å². The second-order valence-electron chi connectivity index (χ2n) is 6.32. The second-order valence-corrected chi connectivity index (χ2v) is 6.32. The molecule has 21 heavy (non-hydrogen) atoms. The van der Waals surface area contributed by atoms with Crippen LogP contribution in [0.5, 0.6) is 0 Å². The number of aliphatic hydroxyl groups excluding tert-OH is 1. The van der Waals surface area contributed by atoms with E-state index in [0.717, 1.165) is 18.4 Å². The maximum absolute atomic E-state index is 12.4. The summed E-state index contributed by atoms with van der Waals surface area (Å²) in [5, 5.41) is 9.54. The van der Waals surface area contributed by atoms with Crippen LogP contribution < -0.4 is 0 Å². The standard InChI is InChI=1S/C17H23NO3/c1-11-14-8-13(18(11)2)9-16(14)21-17(20)15(10-19)12-6-4-3-5-7-12/h3-7,11,13-16,19H,8-10H2,1-2H3/t11-,13+,14-,15+,16-/m1/s1. The Morgan fingerprint density at radius 2 is 2.10 bits per heavy atom. The predicted molar refractivity (Wildman–Crippen MR) is 79.9 cm³/mol. The zero-order valence-corrected chi connectivity index (χ0v) is 12.6. The molecular formula is C17H23NO3. The van der Waals surface area contributed by atoms with Crippen molar-refractivity contribution in [2.24, 2.45) is 5.92 Å². The van der Waals surface area contributed by atoms with Gasteiger partial charge in [-0.25, -0.2) is 0 Å². The van der Waals surface area contributed by atoms with E-state index in [2.05, 4.69) is 18.9 Å². The first kappa shape index (κ1) is 14.5. The topological polar surface area (TPSA) is 49.8 Å². The third-order valence-corrected chi connectivity index (χ3v) is 5.30. The van der Waals surface area contributed by atoms with Crippen LogP contribution in [0.25, 0.3) is 0 Å². The van der Waals surface area contributed by atoms with E-state index in [-0.39, 0.29) is 18.7 Å². The molecule has 1 heterocycles. The minimum Gasteiger partial charge on any atom is -0.461 e. The Morgan fingerprint density at radius 3 is 2.67 bits per heavy atom. The van der Waals surface area contributed by atoms with Gasteiger partial charge in [0.15, 0.2) is 0 Å². The lowest BCUT2D eigenvalue weighted by Gasteiger charge is -2.34. The van der Waals surface area contributed by atoms with Crippen LogP contribution in [-0.4, -0.2) is 47.8 Å². The Morgan fingerprint density at radius 1 is 1.38 bits per heavy atom. The first-order valence-electron chi connectivity index (χ1n) is 7.70. The molecule has 1 aliphatic carbocycles. The molecule has 2 bridgehead atoms. The summed E-state index contributed by atoms with van der Waals surface area (Å²) in [5.74, 6) is -0.437. The fourth-order valence-corrected chi connectivity index (χ4v) is 3.85. The van der Waals surface area contributed by atoms with Crippen molar-refractivity contribution < 1.29 is 14.6 Å². The number of carbonyl (C=O) groups is 1. The molecule has 1 N–H and O–H groups in total. The van der Waals surface area contributed by atoms with E-state index in [1.54, 1.807) is 0 Å². The van der Waals surface area contributed by atoms with Gasteiger partial charge in [-0.05, 0) is 26.0 Å². The van der Waals surface area contributed by atoms with Crippen LogP contribution in [0.1, 0.15) is 31.2 Å². The van der Waals surface area contributed by atoms with Gasteiger partial charge in [-0.2, -0.15) is 0 Å². The van der Waals surface area contributed by atoms with Gasteiger partial charge in [-0.3, -0.25) is 4.79 Å². The molecule has 1 aliphatic heterocycles. The molecule has 1 aromatic carbocycles. The largest absolute Gasteiger partial charge is 0.461 e. The van der Waals surface area contributed by atoms with Crippen LogP contribution in [-0.2, 0) is 9.53 Å². The molecule has 1 saturated heterocycles. The molecular weight excluding hydrogens is 266 g/mol. The van der Waals surface area contributed by atoms with Gasteiger partial charge in [0.1, 0.15) is 12.0 Å². The molecule has 1 saturated carbocycles. The zero-order chi connectivity index (χ0) is 15.0. The van der Waals surface area contributed by atoms with Gasteiger partial charge in [0.05, 0.1) is 6.61 Å². The van der Waals surface area contributed by atoms with E-state index in [4.69, 9.17) is 4.74 Å². The third kappa shape index (κ3) is 2.58. The molecule has 2 fully saturated rings. The van der Waals surface area contributed by atoms with E-state index in [1.807, 2.05) is 30.3 Å². The quantitative estimate of drug-likeness (QED) is 0.859. The summed E-state index contributed by atoms with van der Waals surface area (Å²) in [6.07, 6.45) is 2.04. The van der Waals surface area contributed by atoms with E-state index in [1.165, 1.54) is 0 Å².